The molecule has 1 aromatic rings. The Morgan fingerprint density at radius 3 is 2.32 bits per heavy atom. The monoisotopic (exact) mass is 261 g/mol. The summed E-state index contributed by atoms with van der Waals surface area (Å²) in [5, 5.41) is 0. The van der Waals surface area contributed by atoms with Crippen molar-refractivity contribution in [1.29, 1.82) is 0 Å². The minimum Gasteiger partial charge on any atom is -0.372 e. The number of carbonyl (C=O) groups is 1. The van der Waals surface area contributed by atoms with Crippen LogP contribution in [0.25, 0.3) is 0 Å². The molecule has 1 fully saturated rings. The Bertz CT molecular complexity index is 417. The summed E-state index contributed by atoms with van der Waals surface area (Å²) in [6.07, 6.45) is 2.04. The van der Waals surface area contributed by atoms with E-state index in [0.717, 1.165) is 25.1 Å². The third-order valence-electron chi connectivity index (χ3n) is 3.45. The van der Waals surface area contributed by atoms with Gasteiger partial charge in [0.05, 0.1) is 12.2 Å². The van der Waals surface area contributed by atoms with Crippen LogP contribution < -0.4 is 4.90 Å². The summed E-state index contributed by atoms with van der Waals surface area (Å²) in [5.41, 5.74) is 2.00. The standard InChI is InChI=1S/C16H23NO2/c1-4-5-16(18)14-6-8-15(9-7-14)17-10-12(2)19-13(3)11-17/h6-9,12-13H,4-5,10-11H2,1-3H3. The Morgan fingerprint density at radius 1 is 1.21 bits per heavy atom. The smallest absolute Gasteiger partial charge is 0.162 e. The van der Waals surface area contributed by atoms with Gasteiger partial charge in [-0.25, -0.2) is 0 Å². The van der Waals surface area contributed by atoms with Crippen molar-refractivity contribution in [3.63, 3.8) is 0 Å². The lowest BCUT2D eigenvalue weighted by atomic mass is 10.1. The first kappa shape index (κ1) is 14.1. The van der Waals surface area contributed by atoms with Crippen LogP contribution >= 0.6 is 0 Å². The van der Waals surface area contributed by atoms with Crippen molar-refractivity contribution in [2.45, 2.75) is 45.8 Å². The van der Waals surface area contributed by atoms with Gasteiger partial charge in [-0.2, -0.15) is 0 Å². The molecule has 2 rings (SSSR count). The van der Waals surface area contributed by atoms with Crippen LogP contribution in [0.15, 0.2) is 24.3 Å². The summed E-state index contributed by atoms with van der Waals surface area (Å²) in [6, 6.07) is 7.98. The van der Waals surface area contributed by atoms with Gasteiger partial charge in [0.15, 0.2) is 5.78 Å². The number of anilines is 1. The lowest BCUT2D eigenvalue weighted by Gasteiger charge is -2.36. The summed E-state index contributed by atoms with van der Waals surface area (Å²) in [5.74, 6) is 0.234. The summed E-state index contributed by atoms with van der Waals surface area (Å²) in [6.45, 7) is 8.05. The van der Waals surface area contributed by atoms with Crippen molar-refractivity contribution in [2.24, 2.45) is 0 Å². The molecule has 1 aliphatic heterocycles. The minimum absolute atomic E-state index is 0.234. The molecule has 1 saturated heterocycles. The van der Waals surface area contributed by atoms with E-state index in [-0.39, 0.29) is 18.0 Å². The van der Waals surface area contributed by atoms with E-state index in [2.05, 4.69) is 18.7 Å². The number of rotatable bonds is 4. The van der Waals surface area contributed by atoms with Crippen LogP contribution in [0.5, 0.6) is 0 Å². The van der Waals surface area contributed by atoms with Crippen LogP contribution in [0.3, 0.4) is 0 Å². The average Bonchev–Trinajstić information content (AvgIpc) is 2.38. The molecule has 0 amide bonds. The van der Waals surface area contributed by atoms with Crippen LogP contribution in [-0.2, 0) is 4.74 Å². The molecule has 0 spiro atoms. The molecule has 0 saturated carbocycles. The molecule has 0 aromatic heterocycles. The Hall–Kier alpha value is -1.35. The van der Waals surface area contributed by atoms with E-state index in [9.17, 15) is 4.79 Å². The first-order valence-corrected chi connectivity index (χ1v) is 7.13. The zero-order chi connectivity index (χ0) is 13.8. The number of Topliss-reactive ketones (excluding diaryl/α,β-unsaturated/α-hetero) is 1. The number of benzene rings is 1. The Balaban J connectivity index is 2.07. The fourth-order valence-electron chi connectivity index (χ4n) is 2.62. The van der Waals surface area contributed by atoms with Crippen LogP contribution in [0, 0.1) is 0 Å². The average molecular weight is 261 g/mol. The van der Waals surface area contributed by atoms with Gasteiger partial charge in [0.2, 0.25) is 0 Å². The SMILES string of the molecule is CCCC(=O)c1ccc(N2CC(C)OC(C)C2)cc1. The van der Waals surface area contributed by atoms with Gasteiger partial charge in [-0.3, -0.25) is 4.79 Å². The van der Waals surface area contributed by atoms with Gasteiger partial charge in [-0.15, -0.1) is 0 Å². The maximum absolute atomic E-state index is 11.8. The molecule has 0 aliphatic carbocycles. The van der Waals surface area contributed by atoms with Crippen LogP contribution in [-0.4, -0.2) is 31.1 Å². The van der Waals surface area contributed by atoms with Crippen molar-refractivity contribution in [3.05, 3.63) is 29.8 Å². The van der Waals surface area contributed by atoms with E-state index in [1.165, 1.54) is 5.69 Å². The Morgan fingerprint density at radius 2 is 1.79 bits per heavy atom. The number of morpholine rings is 1. The molecular weight excluding hydrogens is 238 g/mol. The molecule has 2 unspecified atom stereocenters. The summed E-state index contributed by atoms with van der Waals surface area (Å²) in [7, 11) is 0. The highest BCUT2D eigenvalue weighted by molar-refractivity contribution is 5.96. The highest BCUT2D eigenvalue weighted by Crippen LogP contribution is 2.21. The predicted octanol–water partition coefficient (Wildman–Crippen LogP) is 3.28. The van der Waals surface area contributed by atoms with E-state index in [0.29, 0.717) is 6.42 Å². The maximum atomic E-state index is 11.8. The molecular formula is C16H23NO2. The fourth-order valence-corrected chi connectivity index (χ4v) is 2.62. The summed E-state index contributed by atoms with van der Waals surface area (Å²) in [4.78, 5) is 14.1. The lowest BCUT2D eigenvalue weighted by Crippen LogP contribution is -2.45. The number of ketones is 1. The van der Waals surface area contributed by atoms with E-state index < -0.39 is 0 Å². The highest BCUT2D eigenvalue weighted by atomic mass is 16.5. The van der Waals surface area contributed by atoms with Gasteiger partial charge in [0.1, 0.15) is 0 Å². The number of hydrogen-bond donors (Lipinski definition) is 0. The molecule has 19 heavy (non-hydrogen) atoms. The molecule has 3 nitrogen and oxygen atoms in total. The van der Waals surface area contributed by atoms with Gasteiger partial charge in [-0.05, 0) is 44.5 Å². The van der Waals surface area contributed by atoms with Crippen molar-refractivity contribution < 1.29 is 9.53 Å². The second-order valence-corrected chi connectivity index (χ2v) is 5.38. The lowest BCUT2D eigenvalue weighted by molar-refractivity contribution is -0.00522. The normalized spacial score (nSPS) is 23.4. The van der Waals surface area contributed by atoms with Gasteiger partial charge in [0.25, 0.3) is 0 Å². The third kappa shape index (κ3) is 3.57. The second kappa shape index (κ2) is 6.20. The van der Waals surface area contributed by atoms with Gasteiger partial charge in [-0.1, -0.05) is 6.92 Å². The van der Waals surface area contributed by atoms with E-state index in [1.54, 1.807) is 0 Å². The van der Waals surface area contributed by atoms with Crippen molar-refractivity contribution in [1.82, 2.24) is 0 Å². The molecule has 1 heterocycles. The van der Waals surface area contributed by atoms with Crippen molar-refractivity contribution in [3.8, 4) is 0 Å². The molecule has 0 bridgehead atoms. The number of nitrogens with zero attached hydrogens (tertiary/aromatic N) is 1. The van der Waals surface area contributed by atoms with Gasteiger partial charge >= 0.3 is 0 Å². The first-order valence-electron chi connectivity index (χ1n) is 7.13. The van der Waals surface area contributed by atoms with Crippen LogP contribution in [0.2, 0.25) is 0 Å². The quantitative estimate of drug-likeness (QED) is 0.779. The van der Waals surface area contributed by atoms with Crippen LogP contribution in [0.4, 0.5) is 5.69 Å². The minimum atomic E-state index is 0.234. The first-order chi connectivity index (χ1) is 9.10. The molecule has 3 heteroatoms. The van der Waals surface area contributed by atoms with Gasteiger partial charge < -0.3 is 9.64 Å². The molecule has 104 valence electrons. The fraction of sp³-hybridized carbons (Fsp3) is 0.562. The number of ether oxygens (including phenoxy) is 1. The van der Waals surface area contributed by atoms with Crippen LogP contribution in [0.1, 0.15) is 44.0 Å². The highest BCUT2D eigenvalue weighted by Gasteiger charge is 2.22. The molecule has 2 atom stereocenters. The largest absolute Gasteiger partial charge is 0.372 e. The van der Waals surface area contributed by atoms with E-state index >= 15 is 0 Å². The number of carbonyl (C=O) groups excluding carboxylic acids is 1. The zero-order valence-corrected chi connectivity index (χ0v) is 12.1. The summed E-state index contributed by atoms with van der Waals surface area (Å²) >= 11 is 0. The molecule has 0 N–H and O–H groups in total. The van der Waals surface area contributed by atoms with Crippen molar-refractivity contribution >= 4 is 11.5 Å². The number of hydrogen-bond acceptors (Lipinski definition) is 3. The zero-order valence-electron chi connectivity index (χ0n) is 12.1. The van der Waals surface area contributed by atoms with Crippen molar-refractivity contribution in [2.75, 3.05) is 18.0 Å². The third-order valence-corrected chi connectivity index (χ3v) is 3.45. The molecule has 1 aliphatic rings. The second-order valence-electron chi connectivity index (χ2n) is 5.38. The Labute approximate surface area is 115 Å². The Kier molecular flexibility index (Phi) is 4.59. The topological polar surface area (TPSA) is 29.5 Å². The molecule has 1 aromatic carbocycles. The molecule has 0 radical (unpaired) electrons. The summed E-state index contributed by atoms with van der Waals surface area (Å²) < 4.78 is 5.74. The predicted molar refractivity (Wildman–Crippen MR) is 77.9 cm³/mol. The van der Waals surface area contributed by atoms with Gasteiger partial charge in [0, 0.05) is 30.8 Å². The van der Waals surface area contributed by atoms with E-state index in [4.69, 9.17) is 4.74 Å². The maximum Gasteiger partial charge on any atom is 0.162 e. The van der Waals surface area contributed by atoms with E-state index in [1.807, 2.05) is 31.2 Å².